The summed E-state index contributed by atoms with van der Waals surface area (Å²) in [5.74, 6) is 1.45. The number of phenols is 1. The summed E-state index contributed by atoms with van der Waals surface area (Å²) in [6.07, 6.45) is 2.09. The molecular formula is C12H16BrNO3. The molecule has 5 heteroatoms. The molecule has 0 aliphatic carbocycles. The summed E-state index contributed by atoms with van der Waals surface area (Å²) >= 11 is 3.33. The molecule has 1 unspecified atom stereocenters. The zero-order valence-corrected chi connectivity index (χ0v) is 11.5. The highest BCUT2D eigenvalue weighted by Gasteiger charge is 2.27. The van der Waals surface area contributed by atoms with E-state index in [9.17, 15) is 5.11 Å². The molecule has 2 N–H and O–H groups in total. The van der Waals surface area contributed by atoms with Crippen molar-refractivity contribution in [2.45, 2.75) is 18.9 Å². The highest BCUT2D eigenvalue weighted by atomic mass is 79.9. The summed E-state index contributed by atoms with van der Waals surface area (Å²) in [5.41, 5.74) is 0.774. The second kappa shape index (κ2) is 5.14. The molecule has 1 aromatic carbocycles. The molecule has 0 saturated carbocycles. The van der Waals surface area contributed by atoms with Crippen LogP contribution < -0.4 is 14.8 Å². The number of nitrogens with one attached hydrogen (secondary N) is 1. The van der Waals surface area contributed by atoms with Crippen LogP contribution in [0.2, 0.25) is 0 Å². The molecule has 4 nitrogen and oxygen atoms in total. The van der Waals surface area contributed by atoms with Crippen LogP contribution in [0.3, 0.4) is 0 Å². The molecule has 94 valence electrons. The van der Waals surface area contributed by atoms with Crippen LogP contribution in [-0.2, 0) is 0 Å². The highest BCUT2D eigenvalue weighted by molar-refractivity contribution is 9.10. The quantitative estimate of drug-likeness (QED) is 0.901. The number of ether oxygens (including phenoxy) is 2. The second-order valence-electron chi connectivity index (χ2n) is 4.01. The monoisotopic (exact) mass is 301 g/mol. The summed E-state index contributed by atoms with van der Waals surface area (Å²) in [5, 5.41) is 13.5. The van der Waals surface area contributed by atoms with Gasteiger partial charge in [0.2, 0.25) is 0 Å². The number of methoxy groups -OCH3 is 2. The molecule has 1 heterocycles. The van der Waals surface area contributed by atoms with Gasteiger partial charge in [-0.3, -0.25) is 0 Å². The number of phenolic OH excluding ortho intramolecular Hbond substituents is 1. The lowest BCUT2D eigenvalue weighted by Crippen LogP contribution is -2.14. The Morgan fingerprint density at radius 2 is 2.18 bits per heavy atom. The lowest BCUT2D eigenvalue weighted by atomic mass is 10.0. The van der Waals surface area contributed by atoms with Crippen LogP contribution in [0.1, 0.15) is 24.4 Å². The third-order valence-electron chi connectivity index (χ3n) is 3.04. The minimum atomic E-state index is 0.122. The molecule has 2 rings (SSSR count). The van der Waals surface area contributed by atoms with E-state index in [2.05, 4.69) is 21.2 Å². The Morgan fingerprint density at radius 1 is 1.41 bits per heavy atom. The largest absolute Gasteiger partial charge is 0.506 e. The average molecular weight is 302 g/mol. The number of aromatic hydroxyl groups is 1. The van der Waals surface area contributed by atoms with Gasteiger partial charge >= 0.3 is 0 Å². The Morgan fingerprint density at radius 3 is 2.71 bits per heavy atom. The SMILES string of the molecule is COc1cc(Br)c(O)c(C2CCCN2)c1OC. The summed E-state index contributed by atoms with van der Waals surface area (Å²) in [7, 11) is 3.18. The van der Waals surface area contributed by atoms with E-state index < -0.39 is 0 Å². The Labute approximate surface area is 109 Å². The third kappa shape index (κ3) is 2.21. The number of benzene rings is 1. The zero-order valence-electron chi connectivity index (χ0n) is 9.92. The Balaban J connectivity index is 2.56. The van der Waals surface area contributed by atoms with Crippen molar-refractivity contribution in [1.29, 1.82) is 0 Å². The smallest absolute Gasteiger partial charge is 0.169 e. The van der Waals surface area contributed by atoms with Crippen LogP contribution in [-0.4, -0.2) is 25.9 Å². The van der Waals surface area contributed by atoms with Gasteiger partial charge in [-0.1, -0.05) is 0 Å². The Kier molecular flexibility index (Phi) is 3.79. The first-order valence-corrected chi connectivity index (χ1v) is 6.35. The number of halogens is 1. The van der Waals surface area contributed by atoms with E-state index in [1.54, 1.807) is 20.3 Å². The number of hydrogen-bond acceptors (Lipinski definition) is 4. The molecule has 1 aliphatic heterocycles. The van der Waals surface area contributed by atoms with Crippen molar-refractivity contribution in [3.05, 3.63) is 16.1 Å². The predicted octanol–water partition coefficient (Wildman–Crippen LogP) is 2.60. The average Bonchev–Trinajstić information content (AvgIpc) is 2.85. The first-order valence-electron chi connectivity index (χ1n) is 5.55. The molecule has 1 aliphatic rings. The molecule has 0 aromatic heterocycles. The minimum Gasteiger partial charge on any atom is -0.506 e. The topological polar surface area (TPSA) is 50.7 Å². The van der Waals surface area contributed by atoms with Crippen LogP contribution in [0.15, 0.2) is 10.5 Å². The maximum absolute atomic E-state index is 10.2. The number of rotatable bonds is 3. The Hall–Kier alpha value is -0.940. The van der Waals surface area contributed by atoms with Gasteiger partial charge in [0, 0.05) is 12.1 Å². The van der Waals surface area contributed by atoms with E-state index in [1.807, 2.05) is 0 Å². The summed E-state index contributed by atoms with van der Waals surface area (Å²) in [6, 6.07) is 1.84. The van der Waals surface area contributed by atoms with Crippen molar-refractivity contribution < 1.29 is 14.6 Å². The van der Waals surface area contributed by atoms with E-state index in [4.69, 9.17) is 9.47 Å². The lowest BCUT2D eigenvalue weighted by molar-refractivity contribution is 0.341. The molecule has 1 aromatic rings. The molecule has 17 heavy (non-hydrogen) atoms. The van der Waals surface area contributed by atoms with Crippen molar-refractivity contribution in [2.24, 2.45) is 0 Å². The summed E-state index contributed by atoms with van der Waals surface area (Å²) < 4.78 is 11.3. The standard InChI is InChI=1S/C12H16BrNO3/c1-16-9-6-7(13)11(15)10(12(9)17-2)8-4-3-5-14-8/h6,8,14-15H,3-5H2,1-2H3. The van der Waals surface area contributed by atoms with E-state index in [0.717, 1.165) is 24.9 Å². The maximum Gasteiger partial charge on any atom is 0.169 e. The van der Waals surface area contributed by atoms with E-state index >= 15 is 0 Å². The molecule has 1 atom stereocenters. The normalized spacial score (nSPS) is 19.4. The van der Waals surface area contributed by atoms with Gasteiger partial charge in [0.1, 0.15) is 5.75 Å². The molecule has 1 fully saturated rings. The molecular weight excluding hydrogens is 286 g/mol. The van der Waals surface area contributed by atoms with Crippen LogP contribution in [0.25, 0.3) is 0 Å². The zero-order chi connectivity index (χ0) is 12.4. The van der Waals surface area contributed by atoms with Gasteiger partial charge in [0.25, 0.3) is 0 Å². The third-order valence-corrected chi connectivity index (χ3v) is 3.64. The first-order chi connectivity index (χ1) is 8.19. The fourth-order valence-corrected chi connectivity index (χ4v) is 2.66. The van der Waals surface area contributed by atoms with Crippen molar-refractivity contribution in [1.82, 2.24) is 5.32 Å². The van der Waals surface area contributed by atoms with Gasteiger partial charge in [-0.15, -0.1) is 0 Å². The van der Waals surface area contributed by atoms with Gasteiger partial charge in [-0.25, -0.2) is 0 Å². The minimum absolute atomic E-state index is 0.122. The summed E-state index contributed by atoms with van der Waals surface area (Å²) in [6.45, 7) is 0.960. The van der Waals surface area contributed by atoms with Crippen LogP contribution in [0.4, 0.5) is 0 Å². The van der Waals surface area contributed by atoms with Crippen LogP contribution in [0, 0.1) is 0 Å². The highest BCUT2D eigenvalue weighted by Crippen LogP contribution is 2.46. The molecule has 0 amide bonds. The Bertz CT molecular complexity index is 417. The van der Waals surface area contributed by atoms with Crippen LogP contribution in [0.5, 0.6) is 17.2 Å². The van der Waals surface area contributed by atoms with Crippen molar-refractivity contribution in [2.75, 3.05) is 20.8 Å². The maximum atomic E-state index is 10.2. The van der Waals surface area contributed by atoms with E-state index in [0.29, 0.717) is 16.0 Å². The fraction of sp³-hybridized carbons (Fsp3) is 0.500. The molecule has 1 saturated heterocycles. The van der Waals surface area contributed by atoms with Gasteiger partial charge < -0.3 is 19.9 Å². The molecule has 0 spiro atoms. The predicted molar refractivity (Wildman–Crippen MR) is 68.9 cm³/mol. The van der Waals surface area contributed by atoms with Crippen molar-refractivity contribution >= 4 is 15.9 Å². The number of hydrogen-bond donors (Lipinski definition) is 2. The van der Waals surface area contributed by atoms with E-state index in [1.165, 1.54) is 0 Å². The lowest BCUT2D eigenvalue weighted by Gasteiger charge is -2.19. The molecule has 0 radical (unpaired) electrons. The summed E-state index contributed by atoms with van der Waals surface area (Å²) in [4.78, 5) is 0. The first kappa shape index (κ1) is 12.5. The van der Waals surface area contributed by atoms with Crippen LogP contribution >= 0.6 is 15.9 Å². The van der Waals surface area contributed by atoms with Gasteiger partial charge in [-0.2, -0.15) is 0 Å². The second-order valence-corrected chi connectivity index (χ2v) is 4.86. The fourth-order valence-electron chi connectivity index (χ4n) is 2.23. The van der Waals surface area contributed by atoms with Crippen molar-refractivity contribution in [3.63, 3.8) is 0 Å². The molecule has 0 bridgehead atoms. The van der Waals surface area contributed by atoms with Gasteiger partial charge in [-0.05, 0) is 35.3 Å². The van der Waals surface area contributed by atoms with Crippen molar-refractivity contribution in [3.8, 4) is 17.2 Å². The van der Waals surface area contributed by atoms with Gasteiger partial charge in [0.15, 0.2) is 11.5 Å². The van der Waals surface area contributed by atoms with Gasteiger partial charge in [0.05, 0.1) is 24.3 Å². The van der Waals surface area contributed by atoms with E-state index in [-0.39, 0.29) is 11.8 Å².